The molecule has 0 saturated carbocycles. The maximum atomic E-state index is 14.4. The number of methoxy groups -OCH3 is 1. The van der Waals surface area contributed by atoms with Gasteiger partial charge in [0.15, 0.2) is 17.5 Å². The predicted molar refractivity (Wildman–Crippen MR) is 107 cm³/mol. The fourth-order valence-corrected chi connectivity index (χ4v) is 3.12. The molecule has 8 heteroatoms. The van der Waals surface area contributed by atoms with Crippen LogP contribution in [0.1, 0.15) is 18.5 Å². The Labute approximate surface area is 165 Å². The van der Waals surface area contributed by atoms with Crippen LogP contribution in [-0.4, -0.2) is 27.0 Å². The van der Waals surface area contributed by atoms with Gasteiger partial charge >= 0.3 is 0 Å². The standard InChI is InChI=1S/C20H17ClFN5O/c1-11(12-4-3-5-14(6-12)28-2)26-20-17(22)10-25-19(27-20)16-9-24-18-15(16)7-13(21)8-23-18/h3-11H,1-2H3,(H,23,24)(H,25,26,27)/t11-/m0/s1. The van der Waals surface area contributed by atoms with E-state index in [2.05, 4.69) is 25.3 Å². The maximum Gasteiger partial charge on any atom is 0.183 e. The molecule has 4 rings (SSSR count). The van der Waals surface area contributed by atoms with Crippen molar-refractivity contribution >= 4 is 28.5 Å². The van der Waals surface area contributed by atoms with Crippen molar-refractivity contribution in [1.29, 1.82) is 0 Å². The van der Waals surface area contributed by atoms with Crippen LogP contribution in [0.25, 0.3) is 22.4 Å². The number of rotatable bonds is 5. The summed E-state index contributed by atoms with van der Waals surface area (Å²) in [7, 11) is 1.61. The molecule has 0 amide bonds. The number of aromatic amines is 1. The van der Waals surface area contributed by atoms with Gasteiger partial charge in [0, 0.05) is 23.3 Å². The second-order valence-electron chi connectivity index (χ2n) is 6.28. The Kier molecular flexibility index (Phi) is 4.83. The number of H-pyrrole nitrogens is 1. The van der Waals surface area contributed by atoms with Gasteiger partial charge in [-0.3, -0.25) is 0 Å². The fraction of sp³-hybridized carbons (Fsp3) is 0.150. The van der Waals surface area contributed by atoms with E-state index >= 15 is 0 Å². The van der Waals surface area contributed by atoms with Crippen LogP contribution in [-0.2, 0) is 0 Å². The molecular weight excluding hydrogens is 381 g/mol. The maximum absolute atomic E-state index is 14.4. The highest BCUT2D eigenvalue weighted by Crippen LogP contribution is 2.29. The summed E-state index contributed by atoms with van der Waals surface area (Å²) in [6.07, 6.45) is 4.44. The lowest BCUT2D eigenvalue weighted by molar-refractivity contribution is 0.414. The van der Waals surface area contributed by atoms with Crippen molar-refractivity contribution in [1.82, 2.24) is 19.9 Å². The minimum absolute atomic E-state index is 0.115. The Morgan fingerprint density at radius 2 is 2.07 bits per heavy atom. The van der Waals surface area contributed by atoms with Crippen LogP contribution in [0.3, 0.4) is 0 Å². The SMILES string of the molecule is COc1cccc([C@H](C)Nc2nc(-c3c[nH]c4ncc(Cl)cc34)ncc2F)c1. The highest BCUT2D eigenvalue weighted by molar-refractivity contribution is 6.31. The summed E-state index contributed by atoms with van der Waals surface area (Å²) in [5.74, 6) is 0.689. The van der Waals surface area contributed by atoms with Gasteiger partial charge in [-0.2, -0.15) is 0 Å². The topological polar surface area (TPSA) is 75.7 Å². The summed E-state index contributed by atoms with van der Waals surface area (Å²) in [6, 6.07) is 9.16. The normalized spacial score (nSPS) is 12.1. The first-order chi connectivity index (χ1) is 13.5. The number of ether oxygens (including phenoxy) is 1. The van der Waals surface area contributed by atoms with Gasteiger partial charge in [-0.05, 0) is 30.7 Å². The number of nitrogens with zero attached hydrogens (tertiary/aromatic N) is 3. The molecule has 0 aliphatic heterocycles. The van der Waals surface area contributed by atoms with Gasteiger partial charge in [-0.25, -0.2) is 19.3 Å². The molecule has 0 bridgehead atoms. The summed E-state index contributed by atoms with van der Waals surface area (Å²) >= 11 is 6.05. The number of benzene rings is 1. The lowest BCUT2D eigenvalue weighted by atomic mass is 10.1. The van der Waals surface area contributed by atoms with Gasteiger partial charge in [-0.15, -0.1) is 0 Å². The molecule has 4 aromatic rings. The number of anilines is 1. The summed E-state index contributed by atoms with van der Waals surface area (Å²) < 4.78 is 19.6. The van der Waals surface area contributed by atoms with Crippen molar-refractivity contribution in [2.75, 3.05) is 12.4 Å². The fourth-order valence-electron chi connectivity index (χ4n) is 2.96. The van der Waals surface area contributed by atoms with E-state index in [0.717, 1.165) is 22.9 Å². The van der Waals surface area contributed by atoms with Gasteiger partial charge < -0.3 is 15.0 Å². The van der Waals surface area contributed by atoms with E-state index in [0.29, 0.717) is 22.1 Å². The molecule has 2 N–H and O–H groups in total. The molecule has 142 valence electrons. The molecule has 0 radical (unpaired) electrons. The monoisotopic (exact) mass is 397 g/mol. The van der Waals surface area contributed by atoms with Crippen LogP contribution < -0.4 is 10.1 Å². The van der Waals surface area contributed by atoms with Gasteiger partial charge in [-0.1, -0.05) is 23.7 Å². The van der Waals surface area contributed by atoms with Crippen LogP contribution in [0.2, 0.25) is 5.02 Å². The minimum atomic E-state index is -0.533. The number of halogens is 2. The molecule has 3 aromatic heterocycles. The lowest BCUT2D eigenvalue weighted by Crippen LogP contribution is -2.10. The van der Waals surface area contributed by atoms with E-state index in [1.165, 1.54) is 0 Å². The van der Waals surface area contributed by atoms with E-state index < -0.39 is 5.82 Å². The van der Waals surface area contributed by atoms with Crippen LogP contribution in [0.4, 0.5) is 10.2 Å². The van der Waals surface area contributed by atoms with Crippen molar-refractivity contribution < 1.29 is 9.13 Å². The zero-order valence-corrected chi connectivity index (χ0v) is 16.0. The van der Waals surface area contributed by atoms with Crippen LogP contribution in [0.15, 0.2) is 48.9 Å². The molecule has 0 saturated heterocycles. The molecule has 1 aromatic carbocycles. The molecule has 0 aliphatic rings. The van der Waals surface area contributed by atoms with E-state index in [-0.39, 0.29) is 11.9 Å². The summed E-state index contributed by atoms with van der Waals surface area (Å²) in [6.45, 7) is 1.92. The molecule has 0 fully saturated rings. The first kappa shape index (κ1) is 18.2. The number of hydrogen-bond donors (Lipinski definition) is 2. The van der Waals surface area contributed by atoms with Crippen molar-refractivity contribution in [3.63, 3.8) is 0 Å². The quantitative estimate of drug-likeness (QED) is 0.496. The van der Waals surface area contributed by atoms with Crippen molar-refractivity contribution in [3.8, 4) is 17.1 Å². The van der Waals surface area contributed by atoms with E-state index in [1.807, 2.05) is 31.2 Å². The van der Waals surface area contributed by atoms with Crippen LogP contribution >= 0.6 is 11.6 Å². The third-order valence-electron chi connectivity index (χ3n) is 4.43. The van der Waals surface area contributed by atoms with Crippen molar-refractivity contribution in [3.05, 3.63) is 65.3 Å². The molecule has 3 heterocycles. The number of pyridine rings is 1. The van der Waals surface area contributed by atoms with E-state index in [1.54, 1.807) is 25.6 Å². The molecule has 6 nitrogen and oxygen atoms in total. The molecular formula is C20H17ClFN5O. The Bertz CT molecular complexity index is 1150. The third-order valence-corrected chi connectivity index (χ3v) is 4.64. The summed E-state index contributed by atoms with van der Waals surface area (Å²) in [5, 5.41) is 4.38. The average Bonchev–Trinajstić information content (AvgIpc) is 3.12. The zero-order valence-electron chi connectivity index (χ0n) is 15.2. The first-order valence-electron chi connectivity index (χ1n) is 8.61. The van der Waals surface area contributed by atoms with Crippen LogP contribution in [0.5, 0.6) is 5.75 Å². The van der Waals surface area contributed by atoms with Gasteiger partial charge in [0.2, 0.25) is 0 Å². The van der Waals surface area contributed by atoms with Crippen molar-refractivity contribution in [2.24, 2.45) is 0 Å². The van der Waals surface area contributed by atoms with Gasteiger partial charge in [0.05, 0.1) is 24.4 Å². The minimum Gasteiger partial charge on any atom is -0.497 e. The number of hydrogen-bond acceptors (Lipinski definition) is 5. The van der Waals surface area contributed by atoms with E-state index in [9.17, 15) is 4.39 Å². The summed E-state index contributed by atoms with van der Waals surface area (Å²) in [4.78, 5) is 15.8. The third kappa shape index (κ3) is 3.48. The predicted octanol–water partition coefficient (Wildman–Crippen LogP) is 4.99. The number of fused-ring (bicyclic) bond motifs is 1. The molecule has 1 atom stereocenters. The molecule has 0 spiro atoms. The highest BCUT2D eigenvalue weighted by atomic mass is 35.5. The molecule has 0 unspecified atom stereocenters. The second-order valence-corrected chi connectivity index (χ2v) is 6.72. The smallest absolute Gasteiger partial charge is 0.183 e. The van der Waals surface area contributed by atoms with E-state index in [4.69, 9.17) is 16.3 Å². The first-order valence-corrected chi connectivity index (χ1v) is 8.99. The largest absolute Gasteiger partial charge is 0.497 e. The Balaban J connectivity index is 1.68. The summed E-state index contributed by atoms with van der Waals surface area (Å²) in [5.41, 5.74) is 2.30. The lowest BCUT2D eigenvalue weighted by Gasteiger charge is -2.16. The number of nitrogens with one attached hydrogen (secondary N) is 2. The van der Waals surface area contributed by atoms with Crippen LogP contribution in [0, 0.1) is 5.82 Å². The van der Waals surface area contributed by atoms with Gasteiger partial charge in [0.25, 0.3) is 0 Å². The Morgan fingerprint density at radius 1 is 1.21 bits per heavy atom. The zero-order chi connectivity index (χ0) is 19.7. The molecule has 0 aliphatic carbocycles. The van der Waals surface area contributed by atoms with Crippen molar-refractivity contribution in [2.45, 2.75) is 13.0 Å². The average molecular weight is 398 g/mol. The molecule has 28 heavy (non-hydrogen) atoms. The second kappa shape index (κ2) is 7.44. The Hall–Kier alpha value is -3.19. The highest BCUT2D eigenvalue weighted by Gasteiger charge is 2.15. The number of aromatic nitrogens is 4. The van der Waals surface area contributed by atoms with Gasteiger partial charge in [0.1, 0.15) is 11.4 Å². The Morgan fingerprint density at radius 3 is 2.89 bits per heavy atom.